The van der Waals surface area contributed by atoms with Crippen LogP contribution in [0.1, 0.15) is 31.4 Å². The SMILES string of the molecule is COCC1CCCN(c2ncccc2C(C)N)C1. The molecule has 2 heterocycles. The van der Waals surface area contributed by atoms with Crippen LogP contribution in [0.5, 0.6) is 0 Å². The average molecular weight is 249 g/mol. The van der Waals surface area contributed by atoms with Crippen LogP contribution in [0, 0.1) is 5.92 Å². The number of pyridine rings is 1. The van der Waals surface area contributed by atoms with Crippen molar-refractivity contribution >= 4 is 5.82 Å². The molecule has 4 heteroatoms. The van der Waals surface area contributed by atoms with Gasteiger partial charge in [-0.2, -0.15) is 0 Å². The lowest BCUT2D eigenvalue weighted by Gasteiger charge is -2.34. The highest BCUT2D eigenvalue weighted by Crippen LogP contribution is 2.27. The third kappa shape index (κ3) is 3.00. The highest BCUT2D eigenvalue weighted by molar-refractivity contribution is 5.48. The molecule has 0 aromatic carbocycles. The minimum absolute atomic E-state index is 0.0245. The Morgan fingerprint density at radius 2 is 2.44 bits per heavy atom. The van der Waals surface area contributed by atoms with E-state index in [1.807, 2.05) is 19.2 Å². The lowest BCUT2D eigenvalue weighted by atomic mass is 9.98. The Bertz CT molecular complexity index is 379. The molecule has 1 aliphatic heterocycles. The number of piperidine rings is 1. The van der Waals surface area contributed by atoms with Crippen molar-refractivity contribution in [2.45, 2.75) is 25.8 Å². The number of anilines is 1. The first-order valence-electron chi connectivity index (χ1n) is 6.66. The maximum Gasteiger partial charge on any atom is 0.133 e. The Balaban J connectivity index is 2.15. The van der Waals surface area contributed by atoms with Gasteiger partial charge in [0.1, 0.15) is 5.82 Å². The molecule has 2 N–H and O–H groups in total. The summed E-state index contributed by atoms with van der Waals surface area (Å²) in [5.74, 6) is 1.65. The van der Waals surface area contributed by atoms with Crippen LogP contribution in [0.2, 0.25) is 0 Å². The van der Waals surface area contributed by atoms with Gasteiger partial charge in [-0.3, -0.25) is 0 Å². The molecule has 100 valence electrons. The van der Waals surface area contributed by atoms with Crippen molar-refractivity contribution in [3.05, 3.63) is 23.9 Å². The van der Waals surface area contributed by atoms with E-state index in [0.29, 0.717) is 5.92 Å². The normalized spacial score (nSPS) is 21.9. The van der Waals surface area contributed by atoms with E-state index >= 15 is 0 Å². The topological polar surface area (TPSA) is 51.4 Å². The lowest BCUT2D eigenvalue weighted by molar-refractivity contribution is 0.143. The smallest absolute Gasteiger partial charge is 0.133 e. The summed E-state index contributed by atoms with van der Waals surface area (Å²) < 4.78 is 5.27. The molecule has 1 aromatic rings. The molecule has 1 saturated heterocycles. The largest absolute Gasteiger partial charge is 0.384 e. The summed E-state index contributed by atoms with van der Waals surface area (Å²) in [7, 11) is 1.77. The Labute approximate surface area is 109 Å². The van der Waals surface area contributed by atoms with E-state index in [1.165, 1.54) is 12.8 Å². The molecule has 0 bridgehead atoms. The van der Waals surface area contributed by atoms with Crippen molar-refractivity contribution in [1.29, 1.82) is 0 Å². The van der Waals surface area contributed by atoms with Gasteiger partial charge in [0.05, 0.1) is 6.61 Å². The van der Waals surface area contributed by atoms with Gasteiger partial charge >= 0.3 is 0 Å². The van der Waals surface area contributed by atoms with Gasteiger partial charge in [-0.05, 0) is 31.7 Å². The van der Waals surface area contributed by atoms with E-state index < -0.39 is 0 Å². The van der Waals surface area contributed by atoms with Gasteiger partial charge < -0.3 is 15.4 Å². The molecule has 4 nitrogen and oxygen atoms in total. The predicted molar refractivity (Wildman–Crippen MR) is 73.7 cm³/mol. The molecule has 1 aliphatic rings. The summed E-state index contributed by atoms with van der Waals surface area (Å²) in [5.41, 5.74) is 7.16. The monoisotopic (exact) mass is 249 g/mol. The van der Waals surface area contributed by atoms with Crippen molar-refractivity contribution in [1.82, 2.24) is 4.98 Å². The second-order valence-electron chi connectivity index (χ2n) is 5.11. The van der Waals surface area contributed by atoms with Crippen LogP contribution in [0.25, 0.3) is 0 Å². The van der Waals surface area contributed by atoms with E-state index in [1.54, 1.807) is 7.11 Å². The second-order valence-corrected chi connectivity index (χ2v) is 5.11. The van der Waals surface area contributed by atoms with Crippen LogP contribution in [-0.2, 0) is 4.74 Å². The number of hydrogen-bond acceptors (Lipinski definition) is 4. The zero-order valence-corrected chi connectivity index (χ0v) is 11.3. The van der Waals surface area contributed by atoms with Gasteiger partial charge in [-0.15, -0.1) is 0 Å². The van der Waals surface area contributed by atoms with Crippen LogP contribution in [0.15, 0.2) is 18.3 Å². The number of hydrogen-bond donors (Lipinski definition) is 1. The molecule has 0 spiro atoms. The zero-order chi connectivity index (χ0) is 13.0. The summed E-state index contributed by atoms with van der Waals surface area (Å²) in [6.07, 6.45) is 4.29. The first-order valence-corrected chi connectivity index (χ1v) is 6.66. The minimum atomic E-state index is 0.0245. The van der Waals surface area contributed by atoms with Gasteiger partial charge in [-0.1, -0.05) is 6.07 Å². The Morgan fingerprint density at radius 3 is 3.17 bits per heavy atom. The van der Waals surface area contributed by atoms with Gasteiger partial charge in [-0.25, -0.2) is 4.98 Å². The molecular formula is C14H23N3O. The number of methoxy groups -OCH3 is 1. The van der Waals surface area contributed by atoms with Crippen LogP contribution in [0.4, 0.5) is 5.82 Å². The average Bonchev–Trinajstić information content (AvgIpc) is 2.39. The molecule has 1 aromatic heterocycles. The van der Waals surface area contributed by atoms with Crippen molar-refractivity contribution in [3.8, 4) is 0 Å². The van der Waals surface area contributed by atoms with E-state index in [9.17, 15) is 0 Å². The summed E-state index contributed by atoms with van der Waals surface area (Å²) >= 11 is 0. The van der Waals surface area contributed by atoms with E-state index in [-0.39, 0.29) is 6.04 Å². The Kier molecular flexibility index (Phi) is 4.55. The van der Waals surface area contributed by atoms with Crippen molar-refractivity contribution in [2.24, 2.45) is 11.7 Å². The maximum atomic E-state index is 6.02. The first kappa shape index (κ1) is 13.3. The van der Waals surface area contributed by atoms with E-state index in [0.717, 1.165) is 31.1 Å². The van der Waals surface area contributed by atoms with Crippen LogP contribution in [0.3, 0.4) is 0 Å². The van der Waals surface area contributed by atoms with Crippen LogP contribution in [-0.4, -0.2) is 31.8 Å². The maximum absolute atomic E-state index is 6.02. The highest BCUT2D eigenvalue weighted by Gasteiger charge is 2.23. The fourth-order valence-corrected chi connectivity index (χ4v) is 2.66. The number of aromatic nitrogens is 1. The van der Waals surface area contributed by atoms with Crippen LogP contribution < -0.4 is 10.6 Å². The number of nitrogens with two attached hydrogens (primary N) is 1. The molecule has 0 amide bonds. The van der Waals surface area contributed by atoms with Gasteiger partial charge in [0.2, 0.25) is 0 Å². The number of nitrogens with zero attached hydrogens (tertiary/aromatic N) is 2. The third-order valence-corrected chi connectivity index (χ3v) is 3.53. The predicted octanol–water partition coefficient (Wildman–Crippen LogP) is 1.96. The third-order valence-electron chi connectivity index (χ3n) is 3.53. The zero-order valence-electron chi connectivity index (χ0n) is 11.3. The minimum Gasteiger partial charge on any atom is -0.384 e. The molecule has 18 heavy (non-hydrogen) atoms. The van der Waals surface area contributed by atoms with Gasteiger partial charge in [0, 0.05) is 38.0 Å². The summed E-state index contributed by atoms with van der Waals surface area (Å²) in [5, 5.41) is 0. The summed E-state index contributed by atoms with van der Waals surface area (Å²) in [6, 6.07) is 4.06. The molecule has 1 fully saturated rings. The second kappa shape index (κ2) is 6.16. The molecule has 0 saturated carbocycles. The molecule has 2 rings (SSSR count). The van der Waals surface area contributed by atoms with Crippen molar-refractivity contribution < 1.29 is 4.74 Å². The van der Waals surface area contributed by atoms with Gasteiger partial charge in [0.15, 0.2) is 0 Å². The van der Waals surface area contributed by atoms with Gasteiger partial charge in [0.25, 0.3) is 0 Å². The lowest BCUT2D eigenvalue weighted by Crippen LogP contribution is -2.38. The standard InChI is InChI=1S/C14H23N3O/c1-11(15)13-6-3-7-16-14(13)17-8-4-5-12(9-17)10-18-2/h3,6-7,11-12H,4-5,8-10,15H2,1-2H3. The molecule has 0 radical (unpaired) electrons. The fraction of sp³-hybridized carbons (Fsp3) is 0.643. The molecular weight excluding hydrogens is 226 g/mol. The van der Waals surface area contributed by atoms with E-state index in [4.69, 9.17) is 10.5 Å². The summed E-state index contributed by atoms with van der Waals surface area (Å²) in [4.78, 5) is 6.88. The fourth-order valence-electron chi connectivity index (χ4n) is 2.66. The molecule has 0 aliphatic carbocycles. The number of rotatable bonds is 4. The van der Waals surface area contributed by atoms with Crippen LogP contribution >= 0.6 is 0 Å². The molecule has 2 unspecified atom stereocenters. The Hall–Kier alpha value is -1.13. The quantitative estimate of drug-likeness (QED) is 0.886. The Morgan fingerprint density at radius 1 is 1.61 bits per heavy atom. The molecule has 2 atom stereocenters. The highest BCUT2D eigenvalue weighted by atomic mass is 16.5. The van der Waals surface area contributed by atoms with Crippen molar-refractivity contribution in [2.75, 3.05) is 31.7 Å². The summed E-state index contributed by atoms with van der Waals surface area (Å²) in [6.45, 7) is 4.93. The van der Waals surface area contributed by atoms with E-state index in [2.05, 4.69) is 16.0 Å². The first-order chi connectivity index (χ1) is 8.72. The van der Waals surface area contributed by atoms with Crippen molar-refractivity contribution in [3.63, 3.8) is 0 Å². The number of ether oxygens (including phenoxy) is 1.